The third kappa shape index (κ3) is 4.12. The van der Waals surface area contributed by atoms with Gasteiger partial charge in [-0.05, 0) is 82.9 Å². The maximum absolute atomic E-state index is 7.68. The SMILES string of the molecule is COc1ccc(C[N+]23CC[C@@]45c6ccccc6N6[C@@H]7OCC=C8C[N+]9(Cc%10ccc(OC)cc%10)CC[C@]%10%11c%12ccccc%12N([C@@H]%12OCC=C(C2)[C@H](C[C@@H]43)[C@@H]%12[C@H]65)[C@H]%10[C@H]7[C@H]8C[C@@H]%119)cc1. The molecule has 0 amide bonds. The molecule has 9 heterocycles. The molecule has 9 aliphatic heterocycles. The van der Waals surface area contributed by atoms with E-state index in [1.54, 1.807) is 36.5 Å². The highest BCUT2D eigenvalue weighted by molar-refractivity contribution is 5.72. The summed E-state index contributed by atoms with van der Waals surface area (Å²) in [5, 5.41) is 0. The largest absolute Gasteiger partial charge is 0.497 e. The molecule has 2 unspecified atom stereocenters. The Labute approximate surface area is 365 Å². The molecule has 2 saturated carbocycles. The summed E-state index contributed by atoms with van der Waals surface area (Å²) in [6.07, 6.45) is 9.99. The molecular formula is C54H58N4O4+2. The van der Waals surface area contributed by atoms with Crippen molar-refractivity contribution in [3.8, 4) is 11.5 Å². The van der Waals surface area contributed by atoms with Crippen LogP contribution in [-0.2, 0) is 33.4 Å². The molecule has 62 heavy (non-hydrogen) atoms. The number of fused-ring (bicyclic) bond motifs is 6. The fourth-order valence-corrected chi connectivity index (χ4v) is 18.0. The number of methoxy groups -OCH3 is 2. The van der Waals surface area contributed by atoms with E-state index in [9.17, 15) is 0 Å². The van der Waals surface area contributed by atoms with Gasteiger partial charge in [-0.1, -0.05) is 48.6 Å². The summed E-state index contributed by atoms with van der Waals surface area (Å²) >= 11 is 0. The molecule has 4 aromatic carbocycles. The lowest BCUT2D eigenvalue weighted by Gasteiger charge is -2.65. The molecule has 4 aromatic rings. The molecule has 2 spiro atoms. The first-order valence-electron chi connectivity index (χ1n) is 23.8. The van der Waals surface area contributed by atoms with Gasteiger partial charge >= 0.3 is 0 Å². The maximum atomic E-state index is 7.68. The zero-order chi connectivity index (χ0) is 40.7. The quantitative estimate of drug-likeness (QED) is 0.147. The third-order valence-electron chi connectivity index (χ3n) is 19.8. The van der Waals surface area contributed by atoms with Crippen LogP contribution < -0.4 is 19.3 Å². The number of para-hydroxylation sites is 2. The van der Waals surface area contributed by atoms with Crippen molar-refractivity contribution in [1.82, 2.24) is 0 Å². The summed E-state index contributed by atoms with van der Waals surface area (Å²) in [6.45, 7) is 8.15. The summed E-state index contributed by atoms with van der Waals surface area (Å²) in [5.41, 5.74) is 12.3. The molecule has 8 nitrogen and oxygen atoms in total. The summed E-state index contributed by atoms with van der Waals surface area (Å²) in [7, 11) is 3.55. The molecule has 4 bridgehead atoms. The molecule has 15 rings (SSSR count). The molecular weight excluding hydrogens is 769 g/mol. The summed E-state index contributed by atoms with van der Waals surface area (Å²) < 4.78 is 28.9. The lowest BCUT2D eigenvalue weighted by atomic mass is 9.52. The van der Waals surface area contributed by atoms with Gasteiger partial charge in [-0.25, -0.2) is 0 Å². The first kappa shape index (κ1) is 35.8. The second kappa shape index (κ2) is 12.1. The number of rotatable bonds is 6. The fraction of sp³-hybridized carbons (Fsp3) is 0.481. The van der Waals surface area contributed by atoms with E-state index in [1.807, 2.05) is 0 Å². The number of nitrogens with zero attached hydrogens (tertiary/aromatic N) is 4. The summed E-state index contributed by atoms with van der Waals surface area (Å²) in [4.78, 5) is 5.99. The Morgan fingerprint density at radius 2 is 1.02 bits per heavy atom. The van der Waals surface area contributed by atoms with Crippen LogP contribution in [0.1, 0.15) is 47.9 Å². The van der Waals surface area contributed by atoms with Crippen LogP contribution in [0.2, 0.25) is 0 Å². The predicted molar refractivity (Wildman–Crippen MR) is 238 cm³/mol. The average molecular weight is 827 g/mol. The van der Waals surface area contributed by atoms with Gasteiger partial charge in [0.15, 0.2) is 0 Å². The Balaban J connectivity index is 0.941. The number of hydrogen-bond acceptors (Lipinski definition) is 6. The van der Waals surface area contributed by atoms with E-state index < -0.39 is 0 Å². The van der Waals surface area contributed by atoms with E-state index in [-0.39, 0.29) is 35.4 Å². The van der Waals surface area contributed by atoms with E-state index in [0.717, 1.165) is 46.6 Å². The first-order chi connectivity index (χ1) is 30.5. The van der Waals surface area contributed by atoms with Crippen LogP contribution in [0.3, 0.4) is 0 Å². The Kier molecular flexibility index (Phi) is 7.01. The van der Waals surface area contributed by atoms with Gasteiger partial charge in [0.1, 0.15) is 62.2 Å². The fourth-order valence-electron chi connectivity index (χ4n) is 18.0. The smallest absolute Gasteiger partial charge is 0.136 e. The van der Waals surface area contributed by atoms with Crippen molar-refractivity contribution >= 4 is 11.4 Å². The second-order valence-corrected chi connectivity index (χ2v) is 21.4. The minimum Gasteiger partial charge on any atom is -0.497 e. The van der Waals surface area contributed by atoms with E-state index >= 15 is 0 Å². The number of hydrogen-bond donors (Lipinski definition) is 0. The van der Waals surface area contributed by atoms with Crippen LogP contribution in [0.15, 0.2) is 120 Å². The molecule has 14 atom stereocenters. The maximum Gasteiger partial charge on any atom is 0.136 e. The minimum absolute atomic E-state index is 0.0128. The Hall–Kier alpha value is -4.60. The topological polar surface area (TPSA) is 43.4 Å². The monoisotopic (exact) mass is 826 g/mol. The Bertz CT molecular complexity index is 2430. The van der Waals surface area contributed by atoms with Gasteiger partial charge in [0.05, 0.1) is 63.4 Å². The van der Waals surface area contributed by atoms with Crippen LogP contribution in [0.5, 0.6) is 11.5 Å². The van der Waals surface area contributed by atoms with Crippen molar-refractivity contribution in [3.05, 3.63) is 143 Å². The normalized spacial score (nSPS) is 42.4. The van der Waals surface area contributed by atoms with E-state index in [4.69, 9.17) is 18.9 Å². The predicted octanol–water partition coefficient (Wildman–Crippen LogP) is 7.71. The highest BCUT2D eigenvalue weighted by Crippen LogP contribution is 2.73. The van der Waals surface area contributed by atoms with Gasteiger partial charge in [-0.2, -0.15) is 0 Å². The van der Waals surface area contributed by atoms with Crippen molar-refractivity contribution in [1.29, 1.82) is 0 Å². The van der Waals surface area contributed by atoms with Crippen molar-refractivity contribution in [2.75, 3.05) is 63.4 Å². The standard InChI is InChI=1S/C54H58N4O4/c1-59-37-15-11-33(12-16-37)29-57-23-21-53-41-7-3-5-9-43(41)55-49(53)47-39(27-45(53)57)35(31-57)19-25-61-51(47)56-44-10-6-4-8-42(44)54-22-24-58(30-34-13-17-38(60-2)18-14-34)32-36-20-26-62-52(55)48(50(54)56)40(36)28-46(54)58/h3-20,39-40,45-52H,21-32H2,1-2H3/q+2/t39-,40-,45-,46-,47+,48+,49-,50-,51+,52+,53+,54+,57?,58?/m0/s1. The Morgan fingerprint density at radius 1 is 0.581 bits per heavy atom. The summed E-state index contributed by atoms with van der Waals surface area (Å²) in [5.74, 6) is 3.45. The third-order valence-corrected chi connectivity index (χ3v) is 19.8. The van der Waals surface area contributed by atoms with E-state index in [1.165, 1.54) is 61.3 Å². The molecule has 0 radical (unpaired) electrons. The zero-order valence-corrected chi connectivity index (χ0v) is 36.1. The Morgan fingerprint density at radius 3 is 1.45 bits per heavy atom. The molecule has 2 aliphatic carbocycles. The first-order valence-corrected chi connectivity index (χ1v) is 23.8. The summed E-state index contributed by atoms with van der Waals surface area (Å²) in [6, 6.07) is 39.1. The number of anilines is 2. The van der Waals surface area contributed by atoms with E-state index in [0.29, 0.717) is 49.0 Å². The van der Waals surface area contributed by atoms with Gasteiger partial charge in [0, 0.05) is 71.9 Å². The zero-order valence-electron chi connectivity index (χ0n) is 36.1. The van der Waals surface area contributed by atoms with Gasteiger partial charge in [0.2, 0.25) is 0 Å². The molecule has 8 heteroatoms. The van der Waals surface area contributed by atoms with E-state index in [2.05, 4.69) is 119 Å². The number of piperidine rings is 2. The molecule has 7 fully saturated rings. The van der Waals surface area contributed by atoms with Crippen LogP contribution in [-0.4, -0.2) is 99.2 Å². The molecule has 11 aliphatic rings. The number of quaternary nitrogens is 2. The number of ether oxygens (including phenoxy) is 4. The van der Waals surface area contributed by atoms with Crippen molar-refractivity contribution in [2.24, 2.45) is 23.7 Å². The highest BCUT2D eigenvalue weighted by atomic mass is 16.5. The molecule has 0 aromatic heterocycles. The number of benzene rings is 4. The van der Waals surface area contributed by atoms with Crippen molar-refractivity contribution in [2.45, 2.75) is 86.2 Å². The molecule has 5 saturated heterocycles. The lowest BCUT2D eigenvalue weighted by molar-refractivity contribution is -0.955. The van der Waals surface area contributed by atoms with Crippen LogP contribution in [0, 0.1) is 23.7 Å². The van der Waals surface area contributed by atoms with Gasteiger partial charge < -0.3 is 37.7 Å². The second-order valence-electron chi connectivity index (χ2n) is 21.4. The lowest BCUT2D eigenvalue weighted by Crippen LogP contribution is -2.78. The van der Waals surface area contributed by atoms with Gasteiger partial charge in [-0.3, -0.25) is 0 Å². The van der Waals surface area contributed by atoms with Crippen molar-refractivity contribution in [3.63, 3.8) is 0 Å². The van der Waals surface area contributed by atoms with Crippen LogP contribution >= 0.6 is 0 Å². The highest BCUT2D eigenvalue weighted by Gasteiger charge is 2.81. The van der Waals surface area contributed by atoms with Crippen LogP contribution in [0.25, 0.3) is 0 Å². The molecule has 0 N–H and O–H groups in total. The van der Waals surface area contributed by atoms with Crippen LogP contribution in [0.4, 0.5) is 11.4 Å². The molecule has 316 valence electrons. The van der Waals surface area contributed by atoms with Crippen molar-refractivity contribution < 1.29 is 27.9 Å². The van der Waals surface area contributed by atoms with Gasteiger partial charge in [-0.15, -0.1) is 0 Å². The van der Waals surface area contributed by atoms with Gasteiger partial charge in [0.25, 0.3) is 0 Å². The minimum atomic E-state index is -0.0133. The average Bonchev–Trinajstić information content (AvgIpc) is 3.93.